The molecule has 1 aromatic carbocycles. The second-order valence-corrected chi connectivity index (χ2v) is 11.4. The molecule has 0 radical (unpaired) electrons. The van der Waals surface area contributed by atoms with Gasteiger partial charge in [-0.2, -0.15) is 23.1 Å². The molecule has 0 aliphatic carbocycles. The average molecular weight is 633 g/mol. The van der Waals surface area contributed by atoms with Crippen LogP contribution in [-0.4, -0.2) is 110 Å². The van der Waals surface area contributed by atoms with E-state index in [1.165, 1.54) is 18.2 Å². The van der Waals surface area contributed by atoms with Crippen LogP contribution in [0.25, 0.3) is 0 Å². The van der Waals surface area contributed by atoms with Gasteiger partial charge in [-0.3, -0.25) is 9.69 Å². The molecule has 11 nitrogen and oxygen atoms in total. The molecule has 1 amide bonds. The SMILES string of the molecule is C=CC(=O)N1CCN(c2nc(OCCCN3CCOCC3)nc3c2CCN(c2cc(OC(=O)C(F)(F)F)cc(C)c2C)C3)CC1. The Kier molecular flexibility index (Phi) is 10.1. The molecule has 3 aliphatic rings. The Hall–Kier alpha value is -3.91. The summed E-state index contributed by atoms with van der Waals surface area (Å²) in [5.41, 5.74) is 3.96. The van der Waals surface area contributed by atoms with Crippen molar-refractivity contribution in [3.63, 3.8) is 0 Å². The van der Waals surface area contributed by atoms with E-state index >= 15 is 0 Å². The normalized spacial score (nSPS) is 17.6. The molecule has 244 valence electrons. The molecule has 2 saturated heterocycles. The molecule has 0 spiro atoms. The average Bonchev–Trinajstić information content (AvgIpc) is 3.03. The number of esters is 1. The molecule has 14 heteroatoms. The Labute approximate surface area is 260 Å². The summed E-state index contributed by atoms with van der Waals surface area (Å²) >= 11 is 0. The highest BCUT2D eigenvalue weighted by molar-refractivity contribution is 5.87. The number of nitrogens with zero attached hydrogens (tertiary/aromatic N) is 6. The lowest BCUT2D eigenvalue weighted by atomic mass is 10.0. The van der Waals surface area contributed by atoms with Crippen molar-refractivity contribution < 1.29 is 37.0 Å². The van der Waals surface area contributed by atoms with Crippen LogP contribution in [0, 0.1) is 13.8 Å². The maximum absolute atomic E-state index is 12.9. The van der Waals surface area contributed by atoms with Gasteiger partial charge in [-0.1, -0.05) is 6.58 Å². The molecule has 0 atom stereocenters. The van der Waals surface area contributed by atoms with Gasteiger partial charge >= 0.3 is 18.2 Å². The predicted octanol–water partition coefficient (Wildman–Crippen LogP) is 3.06. The molecule has 0 unspecified atom stereocenters. The number of piperazine rings is 1. The van der Waals surface area contributed by atoms with E-state index in [2.05, 4.69) is 21.1 Å². The first-order chi connectivity index (χ1) is 21.5. The number of fused-ring (bicyclic) bond motifs is 1. The summed E-state index contributed by atoms with van der Waals surface area (Å²) in [5.74, 6) is -1.76. The molecular formula is C31H39F3N6O5. The quantitative estimate of drug-likeness (QED) is 0.178. The van der Waals surface area contributed by atoms with E-state index in [1.54, 1.807) is 11.8 Å². The zero-order valence-electron chi connectivity index (χ0n) is 25.7. The Balaban J connectivity index is 1.37. The summed E-state index contributed by atoms with van der Waals surface area (Å²) in [6, 6.07) is 3.16. The minimum absolute atomic E-state index is 0.104. The number of halogens is 3. The summed E-state index contributed by atoms with van der Waals surface area (Å²) in [5, 5.41) is 0. The molecule has 45 heavy (non-hydrogen) atoms. The van der Waals surface area contributed by atoms with Crippen LogP contribution in [0.4, 0.5) is 24.7 Å². The number of anilines is 2. The molecule has 0 N–H and O–H groups in total. The minimum atomic E-state index is -5.10. The molecule has 4 heterocycles. The largest absolute Gasteiger partial charge is 0.491 e. The van der Waals surface area contributed by atoms with Crippen LogP contribution in [0.2, 0.25) is 0 Å². The molecule has 2 aromatic rings. The highest BCUT2D eigenvalue weighted by atomic mass is 19.4. The number of benzene rings is 1. The van der Waals surface area contributed by atoms with Crippen LogP contribution in [-0.2, 0) is 27.3 Å². The van der Waals surface area contributed by atoms with Crippen LogP contribution in [0.3, 0.4) is 0 Å². The van der Waals surface area contributed by atoms with Gasteiger partial charge in [0.2, 0.25) is 5.91 Å². The Bertz CT molecular complexity index is 1410. The van der Waals surface area contributed by atoms with E-state index < -0.39 is 12.1 Å². The number of ether oxygens (including phenoxy) is 3. The van der Waals surface area contributed by atoms with E-state index in [1.807, 2.05) is 11.8 Å². The van der Waals surface area contributed by atoms with Gasteiger partial charge in [-0.25, -0.2) is 4.79 Å². The fourth-order valence-corrected chi connectivity index (χ4v) is 5.83. The van der Waals surface area contributed by atoms with Gasteiger partial charge in [-0.05, 0) is 50.0 Å². The topological polar surface area (TPSA) is 101 Å². The maximum Gasteiger partial charge on any atom is 0.491 e. The van der Waals surface area contributed by atoms with Crippen LogP contribution in [0.5, 0.6) is 11.8 Å². The van der Waals surface area contributed by atoms with Gasteiger partial charge in [0.1, 0.15) is 11.6 Å². The van der Waals surface area contributed by atoms with Crippen molar-refractivity contribution in [1.82, 2.24) is 19.8 Å². The van der Waals surface area contributed by atoms with Crippen molar-refractivity contribution in [2.45, 2.75) is 39.4 Å². The van der Waals surface area contributed by atoms with Gasteiger partial charge in [-0.15, -0.1) is 0 Å². The first-order valence-electron chi connectivity index (χ1n) is 15.2. The number of alkyl halides is 3. The van der Waals surface area contributed by atoms with Crippen molar-refractivity contribution in [2.24, 2.45) is 0 Å². The van der Waals surface area contributed by atoms with Gasteiger partial charge in [0.05, 0.1) is 32.1 Å². The number of amides is 1. The Morgan fingerprint density at radius 1 is 1.02 bits per heavy atom. The van der Waals surface area contributed by atoms with Crippen molar-refractivity contribution in [1.29, 1.82) is 0 Å². The lowest BCUT2D eigenvalue weighted by Crippen LogP contribution is -2.49. The third-order valence-electron chi connectivity index (χ3n) is 8.44. The van der Waals surface area contributed by atoms with Gasteiger partial charge < -0.3 is 28.9 Å². The van der Waals surface area contributed by atoms with Crippen molar-refractivity contribution >= 4 is 23.4 Å². The maximum atomic E-state index is 12.9. The lowest BCUT2D eigenvalue weighted by molar-refractivity contribution is -0.189. The molecular weight excluding hydrogens is 593 g/mol. The molecule has 1 aromatic heterocycles. The number of morpholine rings is 1. The van der Waals surface area contributed by atoms with Crippen molar-refractivity contribution in [2.75, 3.05) is 82.0 Å². The third-order valence-corrected chi connectivity index (χ3v) is 8.44. The molecule has 3 aliphatic heterocycles. The van der Waals surface area contributed by atoms with Crippen LogP contribution >= 0.6 is 0 Å². The third kappa shape index (κ3) is 7.85. The van der Waals surface area contributed by atoms with Gasteiger partial charge in [0.25, 0.3) is 0 Å². The van der Waals surface area contributed by atoms with Crippen LogP contribution in [0.15, 0.2) is 24.8 Å². The highest BCUT2D eigenvalue weighted by Gasteiger charge is 2.41. The number of carbonyl (C=O) groups is 2. The number of aryl methyl sites for hydroxylation is 1. The summed E-state index contributed by atoms with van der Waals surface area (Å²) in [6.07, 6.45) is -2.40. The monoisotopic (exact) mass is 632 g/mol. The highest BCUT2D eigenvalue weighted by Crippen LogP contribution is 2.35. The fraction of sp³-hybridized carbons (Fsp3) is 0.548. The van der Waals surface area contributed by atoms with Crippen molar-refractivity contribution in [3.8, 4) is 11.8 Å². The van der Waals surface area contributed by atoms with Crippen LogP contribution < -0.4 is 19.3 Å². The van der Waals surface area contributed by atoms with E-state index in [4.69, 9.17) is 19.4 Å². The van der Waals surface area contributed by atoms with E-state index in [9.17, 15) is 22.8 Å². The number of rotatable bonds is 9. The Morgan fingerprint density at radius 3 is 2.44 bits per heavy atom. The number of carbonyl (C=O) groups excluding carboxylic acids is 2. The van der Waals surface area contributed by atoms with Gasteiger partial charge in [0.15, 0.2) is 0 Å². The molecule has 2 fully saturated rings. The first-order valence-corrected chi connectivity index (χ1v) is 15.2. The summed E-state index contributed by atoms with van der Waals surface area (Å²) in [6.45, 7) is 15.0. The summed E-state index contributed by atoms with van der Waals surface area (Å²) in [7, 11) is 0. The smallest absolute Gasteiger partial charge is 0.463 e. The predicted molar refractivity (Wildman–Crippen MR) is 161 cm³/mol. The minimum Gasteiger partial charge on any atom is -0.463 e. The molecule has 0 bridgehead atoms. The van der Waals surface area contributed by atoms with Gasteiger partial charge in [0, 0.05) is 69.7 Å². The number of hydrogen-bond donors (Lipinski definition) is 0. The van der Waals surface area contributed by atoms with Crippen LogP contribution in [0.1, 0.15) is 28.8 Å². The number of hydrogen-bond acceptors (Lipinski definition) is 10. The fourth-order valence-electron chi connectivity index (χ4n) is 5.83. The zero-order valence-corrected chi connectivity index (χ0v) is 25.7. The van der Waals surface area contributed by atoms with E-state index in [0.29, 0.717) is 63.5 Å². The summed E-state index contributed by atoms with van der Waals surface area (Å²) in [4.78, 5) is 41.6. The molecule has 5 rings (SSSR count). The van der Waals surface area contributed by atoms with E-state index in [-0.39, 0.29) is 17.7 Å². The Morgan fingerprint density at radius 2 is 1.76 bits per heavy atom. The van der Waals surface area contributed by atoms with E-state index in [0.717, 1.165) is 61.9 Å². The molecule has 0 saturated carbocycles. The standard InChI is InChI=1S/C31H39F3N6O5/c1-4-27(41)38-9-11-39(12-10-38)28-24-6-8-40(26-19-23(18-21(2)22(26)3)45-29(42)31(32,33)34)20-25(24)35-30(36-28)44-15-5-7-37-13-16-43-17-14-37/h4,18-19H,1,5-17,20H2,2-3H3. The zero-order chi connectivity index (χ0) is 32.1. The first kappa shape index (κ1) is 32.5. The second-order valence-electron chi connectivity index (χ2n) is 11.4. The lowest BCUT2D eigenvalue weighted by Gasteiger charge is -2.38. The number of aromatic nitrogens is 2. The second kappa shape index (κ2) is 14.0. The van der Waals surface area contributed by atoms with Crippen molar-refractivity contribution in [3.05, 3.63) is 47.2 Å². The summed E-state index contributed by atoms with van der Waals surface area (Å²) < 4.78 is 54.9.